The van der Waals surface area contributed by atoms with E-state index in [0.29, 0.717) is 30.4 Å². The zero-order valence-electron chi connectivity index (χ0n) is 13.8. The minimum Gasteiger partial charge on any atom is -0.487 e. The largest absolute Gasteiger partial charge is 0.487 e. The van der Waals surface area contributed by atoms with Gasteiger partial charge in [-0.2, -0.15) is 0 Å². The molecule has 0 unspecified atom stereocenters. The molecule has 1 amide bonds. The number of thiazole rings is 1. The third kappa shape index (κ3) is 4.33. The summed E-state index contributed by atoms with van der Waals surface area (Å²) in [6.07, 6.45) is 1.03. The summed E-state index contributed by atoms with van der Waals surface area (Å²) in [5.41, 5.74) is 3.34. The van der Waals surface area contributed by atoms with Gasteiger partial charge in [-0.3, -0.25) is 4.79 Å². The van der Waals surface area contributed by atoms with E-state index in [1.165, 1.54) is 0 Å². The van der Waals surface area contributed by atoms with E-state index in [2.05, 4.69) is 4.98 Å². The Morgan fingerprint density at radius 2 is 2.42 bits per heavy atom. The molecule has 0 N–H and O–H groups in total. The third-order valence-corrected chi connectivity index (χ3v) is 4.76. The molecule has 0 aliphatic carbocycles. The van der Waals surface area contributed by atoms with Crippen LogP contribution in [-0.2, 0) is 11.3 Å². The minimum atomic E-state index is 0.0449. The maximum atomic E-state index is 12.8. The highest BCUT2D eigenvalue weighted by Crippen LogP contribution is 2.19. The van der Waals surface area contributed by atoms with Gasteiger partial charge >= 0.3 is 0 Å². The Kier molecular flexibility index (Phi) is 5.82. The molecular formula is C18H22N2O3S. The quantitative estimate of drug-likeness (QED) is 0.772. The molecule has 0 saturated carbocycles. The van der Waals surface area contributed by atoms with Crippen LogP contribution in [0.25, 0.3) is 0 Å². The van der Waals surface area contributed by atoms with Gasteiger partial charge in [0, 0.05) is 36.6 Å². The molecule has 2 aromatic rings. The minimum absolute atomic E-state index is 0.0449. The Morgan fingerprint density at radius 1 is 1.50 bits per heavy atom. The molecule has 1 fully saturated rings. The molecule has 0 radical (unpaired) electrons. The van der Waals surface area contributed by atoms with E-state index in [4.69, 9.17) is 9.47 Å². The average molecular weight is 346 g/mol. The summed E-state index contributed by atoms with van der Waals surface area (Å²) >= 11 is 1.54. The number of aromatic nitrogens is 1. The first kappa shape index (κ1) is 16.9. The van der Waals surface area contributed by atoms with E-state index in [1.807, 2.05) is 41.5 Å². The zero-order chi connectivity index (χ0) is 16.8. The number of amides is 1. The normalized spacial score (nSPS) is 17.0. The summed E-state index contributed by atoms with van der Waals surface area (Å²) in [4.78, 5) is 18.8. The SMILES string of the molecule is CCN(C[C@@H]1CCOC1)C(=O)c1cccc(OCc2cscn2)c1. The lowest BCUT2D eigenvalue weighted by molar-refractivity contribution is 0.0730. The molecule has 0 spiro atoms. The molecule has 1 aliphatic heterocycles. The van der Waals surface area contributed by atoms with Crippen LogP contribution in [0.5, 0.6) is 5.75 Å². The number of hydrogen-bond acceptors (Lipinski definition) is 5. The summed E-state index contributed by atoms with van der Waals surface area (Å²) in [7, 11) is 0. The number of carbonyl (C=O) groups excluding carboxylic acids is 1. The van der Waals surface area contributed by atoms with Crippen LogP contribution in [0.2, 0.25) is 0 Å². The van der Waals surface area contributed by atoms with Crippen LogP contribution in [0.15, 0.2) is 35.2 Å². The van der Waals surface area contributed by atoms with Crippen molar-refractivity contribution in [3.05, 3.63) is 46.4 Å². The number of hydrogen-bond donors (Lipinski definition) is 0. The van der Waals surface area contributed by atoms with E-state index in [9.17, 15) is 4.79 Å². The Bertz CT molecular complexity index is 654. The fraction of sp³-hybridized carbons (Fsp3) is 0.444. The van der Waals surface area contributed by atoms with Crippen molar-refractivity contribution < 1.29 is 14.3 Å². The van der Waals surface area contributed by atoms with E-state index < -0.39 is 0 Å². The second-order valence-electron chi connectivity index (χ2n) is 5.87. The summed E-state index contributed by atoms with van der Waals surface area (Å²) < 4.78 is 11.2. The van der Waals surface area contributed by atoms with E-state index in [0.717, 1.165) is 31.9 Å². The van der Waals surface area contributed by atoms with Gasteiger partial charge in [0.05, 0.1) is 17.8 Å². The van der Waals surface area contributed by atoms with Crippen LogP contribution < -0.4 is 4.74 Å². The molecule has 1 aliphatic rings. The predicted molar refractivity (Wildman–Crippen MR) is 93.4 cm³/mol. The maximum absolute atomic E-state index is 12.8. The third-order valence-electron chi connectivity index (χ3n) is 4.12. The van der Waals surface area contributed by atoms with Crippen molar-refractivity contribution in [2.75, 3.05) is 26.3 Å². The van der Waals surface area contributed by atoms with Crippen molar-refractivity contribution >= 4 is 17.2 Å². The molecule has 5 nitrogen and oxygen atoms in total. The van der Waals surface area contributed by atoms with Gasteiger partial charge in [-0.15, -0.1) is 11.3 Å². The maximum Gasteiger partial charge on any atom is 0.253 e. The first-order valence-corrected chi connectivity index (χ1v) is 9.17. The van der Waals surface area contributed by atoms with Gasteiger partial charge < -0.3 is 14.4 Å². The first-order chi connectivity index (χ1) is 11.8. The lowest BCUT2D eigenvalue weighted by atomic mass is 10.1. The molecule has 1 atom stereocenters. The lowest BCUT2D eigenvalue weighted by Crippen LogP contribution is -2.35. The summed E-state index contributed by atoms with van der Waals surface area (Å²) in [5, 5.41) is 1.96. The topological polar surface area (TPSA) is 51.7 Å². The molecule has 1 saturated heterocycles. The standard InChI is InChI=1S/C18H22N2O3S/c1-2-20(9-14-6-7-22-10-14)18(21)15-4-3-5-17(8-15)23-11-16-12-24-13-19-16/h3-5,8,12-14H,2,6-7,9-11H2,1H3/t14-/m0/s1. The van der Waals surface area contributed by atoms with E-state index in [1.54, 1.807) is 16.8 Å². The van der Waals surface area contributed by atoms with Crippen LogP contribution in [-0.4, -0.2) is 42.1 Å². The van der Waals surface area contributed by atoms with Crippen molar-refractivity contribution in [2.45, 2.75) is 20.0 Å². The molecule has 24 heavy (non-hydrogen) atoms. The summed E-state index contributed by atoms with van der Waals surface area (Å²) in [6.45, 7) is 5.42. The highest BCUT2D eigenvalue weighted by atomic mass is 32.1. The number of nitrogens with zero attached hydrogens (tertiary/aromatic N) is 2. The summed E-state index contributed by atoms with van der Waals surface area (Å²) in [5.74, 6) is 1.18. The Morgan fingerprint density at radius 3 is 3.12 bits per heavy atom. The summed E-state index contributed by atoms with van der Waals surface area (Å²) in [6, 6.07) is 7.37. The van der Waals surface area contributed by atoms with E-state index in [-0.39, 0.29) is 5.91 Å². The van der Waals surface area contributed by atoms with Gasteiger partial charge in [0.1, 0.15) is 12.4 Å². The first-order valence-electron chi connectivity index (χ1n) is 8.23. The molecule has 2 heterocycles. The van der Waals surface area contributed by atoms with Gasteiger partial charge in [-0.1, -0.05) is 6.07 Å². The predicted octanol–water partition coefficient (Wildman–Crippen LogP) is 3.22. The van der Waals surface area contributed by atoms with Crippen LogP contribution in [0, 0.1) is 5.92 Å². The second-order valence-corrected chi connectivity index (χ2v) is 6.59. The van der Waals surface area contributed by atoms with Crippen LogP contribution in [0.1, 0.15) is 29.4 Å². The van der Waals surface area contributed by atoms with Crippen molar-refractivity contribution in [1.82, 2.24) is 9.88 Å². The highest BCUT2D eigenvalue weighted by molar-refractivity contribution is 7.07. The number of benzene rings is 1. The highest BCUT2D eigenvalue weighted by Gasteiger charge is 2.22. The van der Waals surface area contributed by atoms with Gasteiger partial charge in [0.2, 0.25) is 0 Å². The van der Waals surface area contributed by atoms with Crippen molar-refractivity contribution in [2.24, 2.45) is 5.92 Å². The van der Waals surface area contributed by atoms with E-state index >= 15 is 0 Å². The molecular weight excluding hydrogens is 324 g/mol. The fourth-order valence-corrected chi connectivity index (χ4v) is 3.31. The molecule has 1 aromatic carbocycles. The molecule has 0 bridgehead atoms. The second kappa shape index (κ2) is 8.26. The molecule has 128 valence electrons. The Labute approximate surface area is 146 Å². The number of rotatable bonds is 7. The van der Waals surface area contributed by atoms with Crippen LogP contribution in [0.3, 0.4) is 0 Å². The van der Waals surface area contributed by atoms with Crippen LogP contribution in [0.4, 0.5) is 0 Å². The van der Waals surface area contributed by atoms with Crippen LogP contribution >= 0.6 is 11.3 Å². The van der Waals surface area contributed by atoms with Crippen molar-refractivity contribution in [3.63, 3.8) is 0 Å². The van der Waals surface area contributed by atoms with Crippen molar-refractivity contribution in [1.29, 1.82) is 0 Å². The average Bonchev–Trinajstić information content (AvgIpc) is 3.31. The molecule has 6 heteroatoms. The van der Waals surface area contributed by atoms with Gasteiger partial charge in [-0.25, -0.2) is 4.98 Å². The van der Waals surface area contributed by atoms with Gasteiger partial charge in [0.25, 0.3) is 5.91 Å². The lowest BCUT2D eigenvalue weighted by Gasteiger charge is -2.24. The van der Waals surface area contributed by atoms with Gasteiger partial charge in [0.15, 0.2) is 0 Å². The van der Waals surface area contributed by atoms with Crippen molar-refractivity contribution in [3.8, 4) is 5.75 Å². The smallest absolute Gasteiger partial charge is 0.253 e. The van der Waals surface area contributed by atoms with Gasteiger partial charge in [-0.05, 0) is 31.5 Å². The molecule has 3 rings (SSSR count). The Balaban J connectivity index is 1.63. The Hall–Kier alpha value is -1.92. The fourth-order valence-electron chi connectivity index (χ4n) is 2.76. The monoisotopic (exact) mass is 346 g/mol. The number of ether oxygens (including phenoxy) is 2. The number of carbonyl (C=O) groups is 1. The zero-order valence-corrected chi connectivity index (χ0v) is 14.6. The molecule has 1 aromatic heterocycles.